The number of carbonyl (C=O) groups excluding carboxylic acids is 2. The van der Waals surface area contributed by atoms with E-state index in [0.717, 1.165) is 16.5 Å². The predicted octanol–water partition coefficient (Wildman–Crippen LogP) is 3.77. The molecular formula is C17H18BrNO4. The van der Waals surface area contributed by atoms with Crippen LogP contribution in [-0.4, -0.2) is 18.5 Å². The van der Waals surface area contributed by atoms with E-state index in [4.69, 9.17) is 9.15 Å². The van der Waals surface area contributed by atoms with Gasteiger partial charge >= 0.3 is 5.97 Å². The summed E-state index contributed by atoms with van der Waals surface area (Å²) in [5.74, 6) is -0.436. The van der Waals surface area contributed by atoms with Crippen molar-refractivity contribution in [3.63, 3.8) is 0 Å². The molecule has 1 aromatic heterocycles. The Morgan fingerprint density at radius 2 is 1.96 bits per heavy atom. The molecule has 1 heterocycles. The van der Waals surface area contributed by atoms with Gasteiger partial charge in [0.05, 0.1) is 12.3 Å². The number of rotatable bonds is 6. The van der Waals surface area contributed by atoms with E-state index in [9.17, 15) is 9.59 Å². The lowest BCUT2D eigenvalue weighted by molar-refractivity contribution is -0.125. The van der Waals surface area contributed by atoms with Gasteiger partial charge in [0.25, 0.3) is 5.91 Å². The largest absolute Gasteiger partial charge is 0.469 e. The fourth-order valence-corrected chi connectivity index (χ4v) is 2.42. The molecule has 2 rings (SSSR count). The maximum Gasteiger partial charge on any atom is 0.342 e. The Balaban J connectivity index is 1.89. The predicted molar refractivity (Wildman–Crippen MR) is 89.0 cm³/mol. The monoisotopic (exact) mass is 379 g/mol. The van der Waals surface area contributed by atoms with Crippen LogP contribution in [0.5, 0.6) is 0 Å². The van der Waals surface area contributed by atoms with E-state index in [1.165, 1.54) is 12.3 Å². The zero-order chi connectivity index (χ0) is 16.8. The highest BCUT2D eigenvalue weighted by atomic mass is 79.9. The van der Waals surface area contributed by atoms with E-state index in [1.54, 1.807) is 6.92 Å². The molecule has 0 saturated carbocycles. The lowest BCUT2D eigenvalue weighted by Crippen LogP contribution is -2.32. The molecule has 2 aromatic rings. The summed E-state index contributed by atoms with van der Waals surface area (Å²) < 4.78 is 11.0. The quantitative estimate of drug-likeness (QED) is 0.775. The molecular weight excluding hydrogens is 362 g/mol. The lowest BCUT2D eigenvalue weighted by Gasteiger charge is -2.17. The van der Waals surface area contributed by atoms with Crippen LogP contribution >= 0.6 is 15.9 Å². The van der Waals surface area contributed by atoms with Gasteiger partial charge in [-0.15, -0.1) is 0 Å². The molecule has 0 aliphatic rings. The first-order valence-corrected chi connectivity index (χ1v) is 8.06. The summed E-state index contributed by atoms with van der Waals surface area (Å²) in [5, 5.41) is 2.86. The van der Waals surface area contributed by atoms with Crippen LogP contribution < -0.4 is 5.32 Å². The normalized spacial score (nSPS) is 11.8. The maximum absolute atomic E-state index is 12.0. The van der Waals surface area contributed by atoms with E-state index in [0.29, 0.717) is 11.3 Å². The van der Waals surface area contributed by atoms with Gasteiger partial charge in [-0.1, -0.05) is 35.0 Å². The number of benzene rings is 1. The Bertz CT molecular complexity index is 678. The van der Waals surface area contributed by atoms with Crippen molar-refractivity contribution >= 4 is 27.8 Å². The first-order valence-electron chi connectivity index (χ1n) is 7.27. The van der Waals surface area contributed by atoms with Crippen molar-refractivity contribution < 1.29 is 18.7 Å². The van der Waals surface area contributed by atoms with Crippen molar-refractivity contribution in [3.05, 3.63) is 58.0 Å². The highest BCUT2D eigenvalue weighted by Gasteiger charge is 2.17. The Morgan fingerprint density at radius 3 is 2.52 bits per heavy atom. The molecule has 0 aliphatic carbocycles. The molecule has 0 spiro atoms. The topological polar surface area (TPSA) is 68.5 Å². The number of halogens is 1. The van der Waals surface area contributed by atoms with Crippen molar-refractivity contribution in [3.8, 4) is 0 Å². The molecule has 0 bridgehead atoms. The second-order valence-electron chi connectivity index (χ2n) is 5.05. The number of esters is 1. The molecule has 0 aliphatic heterocycles. The maximum atomic E-state index is 12.0. The molecule has 1 N–H and O–H groups in total. The highest BCUT2D eigenvalue weighted by Crippen LogP contribution is 2.19. The molecule has 1 aromatic carbocycles. The van der Waals surface area contributed by atoms with Crippen LogP contribution in [0.3, 0.4) is 0 Å². The molecule has 0 fully saturated rings. The van der Waals surface area contributed by atoms with Gasteiger partial charge < -0.3 is 14.5 Å². The zero-order valence-corrected chi connectivity index (χ0v) is 14.6. The molecule has 23 heavy (non-hydrogen) atoms. The van der Waals surface area contributed by atoms with Crippen molar-refractivity contribution in [2.75, 3.05) is 6.61 Å². The number of carbonyl (C=O) groups is 2. The van der Waals surface area contributed by atoms with Gasteiger partial charge in [-0.05, 0) is 37.1 Å². The fourth-order valence-electron chi connectivity index (χ4n) is 2.16. The standard InChI is InChI=1S/C17H18BrNO4/c1-3-15(12-4-6-13(18)7-5-12)19-16(20)10-23-17(21)14-8-9-22-11(14)2/h4-9,15H,3,10H2,1-2H3,(H,19,20)/t15-/m0/s1. The number of amides is 1. The average molecular weight is 380 g/mol. The van der Waals surface area contributed by atoms with E-state index < -0.39 is 5.97 Å². The highest BCUT2D eigenvalue weighted by molar-refractivity contribution is 9.10. The van der Waals surface area contributed by atoms with Crippen LogP contribution in [0.2, 0.25) is 0 Å². The van der Waals surface area contributed by atoms with Crippen LogP contribution in [0, 0.1) is 6.92 Å². The summed E-state index contributed by atoms with van der Waals surface area (Å²) in [5.41, 5.74) is 1.33. The Labute approximate surface area is 143 Å². The van der Waals surface area contributed by atoms with Gasteiger partial charge in [0, 0.05) is 4.47 Å². The molecule has 0 unspecified atom stereocenters. The van der Waals surface area contributed by atoms with Crippen molar-refractivity contribution in [1.82, 2.24) is 5.32 Å². The summed E-state index contributed by atoms with van der Waals surface area (Å²) in [6.45, 7) is 3.32. The number of ether oxygens (including phenoxy) is 1. The molecule has 122 valence electrons. The number of furan rings is 1. The van der Waals surface area contributed by atoms with Gasteiger partial charge in [-0.2, -0.15) is 0 Å². The second-order valence-corrected chi connectivity index (χ2v) is 5.96. The van der Waals surface area contributed by atoms with Crippen LogP contribution in [0.25, 0.3) is 0 Å². The molecule has 0 radical (unpaired) electrons. The second kappa shape index (κ2) is 7.97. The van der Waals surface area contributed by atoms with E-state index in [2.05, 4.69) is 21.2 Å². The summed E-state index contributed by atoms with van der Waals surface area (Å²) in [4.78, 5) is 23.8. The minimum absolute atomic E-state index is 0.120. The Morgan fingerprint density at radius 1 is 1.26 bits per heavy atom. The number of aryl methyl sites for hydroxylation is 1. The first kappa shape index (κ1) is 17.3. The van der Waals surface area contributed by atoms with Crippen molar-refractivity contribution in [2.45, 2.75) is 26.3 Å². The van der Waals surface area contributed by atoms with Crippen molar-refractivity contribution in [1.29, 1.82) is 0 Å². The van der Waals surface area contributed by atoms with Crippen LogP contribution in [-0.2, 0) is 9.53 Å². The Hall–Kier alpha value is -2.08. The van der Waals surface area contributed by atoms with Crippen molar-refractivity contribution in [2.24, 2.45) is 0 Å². The van der Waals surface area contributed by atoms with Gasteiger partial charge in [-0.25, -0.2) is 4.79 Å². The molecule has 1 amide bonds. The van der Waals surface area contributed by atoms with Gasteiger partial charge in [-0.3, -0.25) is 4.79 Å². The van der Waals surface area contributed by atoms with E-state index >= 15 is 0 Å². The van der Waals surface area contributed by atoms with Crippen LogP contribution in [0.1, 0.15) is 41.1 Å². The van der Waals surface area contributed by atoms with E-state index in [1.807, 2.05) is 31.2 Å². The summed E-state index contributed by atoms with van der Waals surface area (Å²) in [6, 6.07) is 9.13. The first-order chi connectivity index (χ1) is 11.0. The van der Waals surface area contributed by atoms with Crippen LogP contribution in [0.4, 0.5) is 0 Å². The van der Waals surface area contributed by atoms with Gasteiger partial charge in [0.15, 0.2) is 6.61 Å². The number of nitrogens with one attached hydrogen (secondary N) is 1. The summed E-state index contributed by atoms with van der Waals surface area (Å²) in [7, 11) is 0. The number of hydrogen-bond donors (Lipinski definition) is 1. The minimum Gasteiger partial charge on any atom is -0.469 e. The number of hydrogen-bond acceptors (Lipinski definition) is 4. The van der Waals surface area contributed by atoms with Gasteiger partial charge in [0.1, 0.15) is 11.3 Å². The SMILES string of the molecule is CC[C@H](NC(=O)COC(=O)c1ccoc1C)c1ccc(Br)cc1. The molecule has 6 heteroatoms. The smallest absolute Gasteiger partial charge is 0.342 e. The third kappa shape index (κ3) is 4.69. The summed E-state index contributed by atoms with van der Waals surface area (Å²) >= 11 is 3.38. The fraction of sp³-hybridized carbons (Fsp3) is 0.294. The minimum atomic E-state index is -0.567. The molecule has 5 nitrogen and oxygen atoms in total. The zero-order valence-electron chi connectivity index (χ0n) is 13.0. The molecule has 0 saturated heterocycles. The van der Waals surface area contributed by atoms with E-state index in [-0.39, 0.29) is 18.6 Å². The average Bonchev–Trinajstić information content (AvgIpc) is 2.97. The lowest BCUT2D eigenvalue weighted by atomic mass is 10.0. The third-order valence-electron chi connectivity index (χ3n) is 3.43. The molecule has 1 atom stereocenters. The third-order valence-corrected chi connectivity index (χ3v) is 3.96. The Kier molecular flexibility index (Phi) is 5.98. The van der Waals surface area contributed by atoms with Gasteiger partial charge in [0.2, 0.25) is 0 Å². The van der Waals surface area contributed by atoms with Crippen LogP contribution in [0.15, 0.2) is 45.5 Å². The summed E-state index contributed by atoms with van der Waals surface area (Å²) in [6.07, 6.45) is 2.15.